The molecule has 216 valence electrons. The number of carbonyl (C=O) groups is 2. The molecule has 1 N–H and O–H groups in total. The van der Waals surface area contributed by atoms with E-state index in [-0.39, 0.29) is 22.4 Å². The van der Waals surface area contributed by atoms with Crippen LogP contribution >= 0.6 is 0 Å². The van der Waals surface area contributed by atoms with E-state index in [4.69, 9.17) is 9.47 Å². The second kappa shape index (κ2) is 11.0. The fourth-order valence-corrected chi connectivity index (χ4v) is 6.65. The van der Waals surface area contributed by atoms with Gasteiger partial charge in [0.25, 0.3) is 0 Å². The van der Waals surface area contributed by atoms with E-state index in [1.165, 1.54) is 5.56 Å². The van der Waals surface area contributed by atoms with Crippen molar-refractivity contribution in [2.45, 2.75) is 86.2 Å². The molecule has 1 heterocycles. The molecule has 5 heteroatoms. The Balaban J connectivity index is 1.65. The SMILES string of the molecule is C=CCc1cc(C2C3=C(CC(C)(C)CC3=O)NC3=C2C(=O)CC(C)(C)C3)cc(OCC)c1OCc1ccc(C)cc1. The Morgan fingerprint density at radius 3 is 2.02 bits per heavy atom. The van der Waals surface area contributed by atoms with E-state index in [2.05, 4.69) is 76.8 Å². The normalized spacial score (nSPS) is 19.9. The van der Waals surface area contributed by atoms with Crippen molar-refractivity contribution in [3.63, 3.8) is 0 Å². The standard InChI is InChI=1S/C36H43NO4/c1-8-10-24-15-25(16-30(40-9-2)34(24)41-21-23-13-11-22(3)12-14-23)31-32-26(17-35(4,5)19-28(32)38)37-27-18-36(6,7)20-29(39)33(27)31/h8,11-16,31,37H,1,9-10,17-21H2,2-7H3. The van der Waals surface area contributed by atoms with E-state index in [0.717, 1.165) is 52.1 Å². The molecule has 0 amide bonds. The number of hydrogen-bond acceptors (Lipinski definition) is 5. The molecule has 0 saturated heterocycles. The van der Waals surface area contributed by atoms with E-state index >= 15 is 0 Å². The van der Waals surface area contributed by atoms with Gasteiger partial charge in [0.15, 0.2) is 23.1 Å². The summed E-state index contributed by atoms with van der Waals surface area (Å²) in [6.07, 6.45) is 4.89. The van der Waals surface area contributed by atoms with Crippen LogP contribution in [0.4, 0.5) is 0 Å². The number of hydrogen-bond donors (Lipinski definition) is 1. The third-order valence-electron chi connectivity index (χ3n) is 8.37. The molecule has 0 aromatic heterocycles. The molecule has 0 unspecified atom stereocenters. The lowest BCUT2D eigenvalue weighted by molar-refractivity contribution is -0.119. The zero-order chi connectivity index (χ0) is 29.5. The summed E-state index contributed by atoms with van der Waals surface area (Å²) >= 11 is 0. The number of carbonyl (C=O) groups excluding carboxylic acids is 2. The number of dihydropyridines is 1. The Bertz CT molecular complexity index is 1400. The van der Waals surface area contributed by atoms with Crippen molar-refractivity contribution >= 4 is 11.6 Å². The monoisotopic (exact) mass is 553 g/mol. The van der Waals surface area contributed by atoms with Gasteiger partial charge in [0.1, 0.15) is 6.61 Å². The van der Waals surface area contributed by atoms with Crippen LogP contribution in [-0.4, -0.2) is 18.2 Å². The van der Waals surface area contributed by atoms with Crippen molar-refractivity contribution in [1.82, 2.24) is 5.32 Å². The summed E-state index contributed by atoms with van der Waals surface area (Å²) in [6.45, 7) is 17.4. The first-order valence-electron chi connectivity index (χ1n) is 14.8. The maximum atomic E-state index is 13.8. The fourth-order valence-electron chi connectivity index (χ4n) is 6.65. The third kappa shape index (κ3) is 5.91. The van der Waals surface area contributed by atoms with Gasteiger partial charge in [0, 0.05) is 46.9 Å². The minimum absolute atomic E-state index is 0.112. The molecule has 0 bridgehead atoms. The highest BCUT2D eigenvalue weighted by Crippen LogP contribution is 2.52. The van der Waals surface area contributed by atoms with Crippen LogP contribution in [-0.2, 0) is 22.6 Å². The third-order valence-corrected chi connectivity index (χ3v) is 8.37. The van der Waals surface area contributed by atoms with E-state index in [1.807, 2.05) is 19.1 Å². The Hall–Kier alpha value is -3.60. The number of benzene rings is 2. The molecule has 2 aromatic rings. The van der Waals surface area contributed by atoms with Crippen LogP contribution in [0.5, 0.6) is 11.5 Å². The maximum absolute atomic E-state index is 13.8. The molecule has 5 nitrogen and oxygen atoms in total. The molecule has 2 aromatic carbocycles. The summed E-state index contributed by atoms with van der Waals surface area (Å²) < 4.78 is 12.6. The number of ether oxygens (including phenoxy) is 2. The summed E-state index contributed by atoms with van der Waals surface area (Å²) in [5.41, 5.74) is 7.21. The van der Waals surface area contributed by atoms with Crippen molar-refractivity contribution in [1.29, 1.82) is 0 Å². The van der Waals surface area contributed by atoms with Gasteiger partial charge in [-0.3, -0.25) is 9.59 Å². The van der Waals surface area contributed by atoms with Crippen LogP contribution in [0.15, 0.2) is 71.6 Å². The van der Waals surface area contributed by atoms with Crippen molar-refractivity contribution in [2.75, 3.05) is 6.61 Å². The molecule has 0 radical (unpaired) electrons. The number of nitrogens with one attached hydrogen (secondary N) is 1. The van der Waals surface area contributed by atoms with Crippen LogP contribution in [0.25, 0.3) is 0 Å². The summed E-state index contributed by atoms with van der Waals surface area (Å²) in [7, 11) is 0. The predicted molar refractivity (Wildman–Crippen MR) is 163 cm³/mol. The fraction of sp³-hybridized carbons (Fsp3) is 0.444. The van der Waals surface area contributed by atoms with Gasteiger partial charge in [-0.25, -0.2) is 0 Å². The highest BCUT2D eigenvalue weighted by atomic mass is 16.5. The lowest BCUT2D eigenvalue weighted by Crippen LogP contribution is -2.42. The molecule has 0 fully saturated rings. The highest BCUT2D eigenvalue weighted by Gasteiger charge is 2.46. The molecular formula is C36H43NO4. The van der Waals surface area contributed by atoms with Crippen molar-refractivity contribution in [3.8, 4) is 11.5 Å². The molecule has 0 spiro atoms. The number of ketones is 2. The Morgan fingerprint density at radius 1 is 0.902 bits per heavy atom. The molecule has 0 saturated carbocycles. The highest BCUT2D eigenvalue weighted by molar-refractivity contribution is 6.06. The van der Waals surface area contributed by atoms with E-state index in [1.54, 1.807) is 0 Å². The molecule has 0 atom stereocenters. The molecule has 3 aliphatic rings. The average Bonchev–Trinajstić information content (AvgIpc) is 2.86. The summed E-state index contributed by atoms with van der Waals surface area (Å²) in [5, 5.41) is 3.61. The van der Waals surface area contributed by atoms with Crippen molar-refractivity contribution in [3.05, 3.63) is 93.8 Å². The van der Waals surface area contributed by atoms with Gasteiger partial charge >= 0.3 is 0 Å². The van der Waals surface area contributed by atoms with Gasteiger partial charge in [-0.15, -0.1) is 6.58 Å². The summed E-state index contributed by atoms with van der Waals surface area (Å²) in [5.74, 6) is 1.11. The first kappa shape index (κ1) is 28.9. The summed E-state index contributed by atoms with van der Waals surface area (Å²) in [4.78, 5) is 27.6. The first-order chi connectivity index (χ1) is 19.4. The van der Waals surface area contributed by atoms with Gasteiger partial charge in [-0.1, -0.05) is 69.7 Å². The van der Waals surface area contributed by atoms with Crippen molar-refractivity contribution in [2.24, 2.45) is 10.8 Å². The van der Waals surface area contributed by atoms with E-state index in [9.17, 15) is 9.59 Å². The smallest absolute Gasteiger partial charge is 0.165 e. The van der Waals surface area contributed by atoms with Crippen LogP contribution in [0.2, 0.25) is 0 Å². The average molecular weight is 554 g/mol. The Labute approximate surface area is 244 Å². The lowest BCUT2D eigenvalue weighted by atomic mass is 9.64. The topological polar surface area (TPSA) is 64.6 Å². The Kier molecular flexibility index (Phi) is 7.76. The van der Waals surface area contributed by atoms with Crippen LogP contribution in [0.3, 0.4) is 0 Å². The van der Waals surface area contributed by atoms with Crippen LogP contribution in [0, 0.1) is 17.8 Å². The van der Waals surface area contributed by atoms with E-state index < -0.39 is 5.92 Å². The van der Waals surface area contributed by atoms with Crippen LogP contribution < -0.4 is 14.8 Å². The zero-order valence-electron chi connectivity index (χ0n) is 25.4. The van der Waals surface area contributed by atoms with Gasteiger partial charge in [0.2, 0.25) is 0 Å². The predicted octanol–water partition coefficient (Wildman–Crippen LogP) is 7.67. The zero-order valence-corrected chi connectivity index (χ0v) is 25.4. The lowest BCUT2D eigenvalue weighted by Gasteiger charge is -2.44. The maximum Gasteiger partial charge on any atom is 0.165 e. The second-order valence-electron chi connectivity index (χ2n) is 13.4. The quantitative estimate of drug-likeness (QED) is 0.340. The van der Waals surface area contributed by atoms with E-state index in [0.29, 0.717) is 44.0 Å². The summed E-state index contributed by atoms with van der Waals surface area (Å²) in [6, 6.07) is 12.4. The van der Waals surface area contributed by atoms with Gasteiger partial charge < -0.3 is 14.8 Å². The van der Waals surface area contributed by atoms with Gasteiger partial charge in [-0.2, -0.15) is 0 Å². The second-order valence-corrected chi connectivity index (χ2v) is 13.4. The van der Waals surface area contributed by atoms with Gasteiger partial charge in [-0.05, 0) is 61.1 Å². The first-order valence-corrected chi connectivity index (χ1v) is 14.8. The number of aryl methyl sites for hydroxylation is 1. The largest absolute Gasteiger partial charge is 0.490 e. The molecular weight excluding hydrogens is 510 g/mol. The minimum atomic E-state index is -0.428. The van der Waals surface area contributed by atoms with Crippen molar-refractivity contribution < 1.29 is 19.1 Å². The van der Waals surface area contributed by atoms with Crippen LogP contribution in [0.1, 0.15) is 88.5 Å². The Morgan fingerprint density at radius 2 is 1.49 bits per heavy atom. The number of Topliss-reactive ketones (excluding diaryl/α,β-unsaturated/α-hetero) is 2. The number of allylic oxidation sites excluding steroid dienone is 5. The molecule has 41 heavy (non-hydrogen) atoms. The molecule has 2 aliphatic carbocycles. The van der Waals surface area contributed by atoms with Gasteiger partial charge in [0.05, 0.1) is 6.61 Å². The minimum Gasteiger partial charge on any atom is -0.490 e. The molecule has 5 rings (SSSR count). The molecule has 1 aliphatic heterocycles. The number of rotatable bonds is 8.